The van der Waals surface area contributed by atoms with Crippen LogP contribution in [0, 0.1) is 6.92 Å². The van der Waals surface area contributed by atoms with Gasteiger partial charge in [-0.05, 0) is 19.8 Å². The van der Waals surface area contributed by atoms with Gasteiger partial charge in [0.05, 0.1) is 18.4 Å². The van der Waals surface area contributed by atoms with Crippen LogP contribution in [-0.2, 0) is 0 Å². The molecule has 116 valence electrons. The van der Waals surface area contributed by atoms with E-state index in [1.165, 1.54) is 44.5 Å². The van der Waals surface area contributed by atoms with Crippen molar-refractivity contribution in [1.29, 1.82) is 0 Å². The molecule has 2 aromatic heterocycles. The summed E-state index contributed by atoms with van der Waals surface area (Å²) in [5, 5.41) is 16.5. The van der Waals surface area contributed by atoms with E-state index in [0.29, 0.717) is 17.7 Å². The van der Waals surface area contributed by atoms with Gasteiger partial charge in [0.1, 0.15) is 5.82 Å². The van der Waals surface area contributed by atoms with E-state index in [4.69, 9.17) is 5.11 Å². The van der Waals surface area contributed by atoms with E-state index in [9.17, 15) is 4.79 Å². The Kier molecular flexibility index (Phi) is 4.04. The SMILES string of the molecule is Cc1cc(Nc2cnc(C(=O)O)cn2)nn1C1CCCCC1. The Morgan fingerprint density at radius 2 is 2.00 bits per heavy atom. The zero-order valence-electron chi connectivity index (χ0n) is 12.5. The van der Waals surface area contributed by atoms with Gasteiger partial charge in [-0.25, -0.2) is 14.8 Å². The second kappa shape index (κ2) is 6.13. The van der Waals surface area contributed by atoms with Gasteiger partial charge in [0, 0.05) is 11.8 Å². The van der Waals surface area contributed by atoms with Gasteiger partial charge >= 0.3 is 5.97 Å². The van der Waals surface area contributed by atoms with E-state index in [2.05, 4.69) is 25.1 Å². The maximum Gasteiger partial charge on any atom is 0.356 e. The summed E-state index contributed by atoms with van der Waals surface area (Å²) >= 11 is 0. The zero-order chi connectivity index (χ0) is 15.5. The van der Waals surface area contributed by atoms with Crippen LogP contribution in [0.3, 0.4) is 0 Å². The zero-order valence-corrected chi connectivity index (χ0v) is 12.5. The molecule has 1 aliphatic carbocycles. The van der Waals surface area contributed by atoms with Crippen LogP contribution in [0.25, 0.3) is 0 Å². The average molecular weight is 301 g/mol. The molecule has 7 nitrogen and oxygen atoms in total. The highest BCUT2D eigenvalue weighted by atomic mass is 16.4. The normalized spacial score (nSPS) is 15.7. The number of nitrogens with one attached hydrogen (secondary N) is 1. The average Bonchev–Trinajstić information content (AvgIpc) is 2.89. The Morgan fingerprint density at radius 1 is 1.23 bits per heavy atom. The van der Waals surface area contributed by atoms with Crippen LogP contribution >= 0.6 is 0 Å². The lowest BCUT2D eigenvalue weighted by Gasteiger charge is -2.23. The maximum atomic E-state index is 10.8. The number of nitrogens with zero attached hydrogens (tertiary/aromatic N) is 4. The van der Waals surface area contributed by atoms with Crippen LogP contribution in [0.5, 0.6) is 0 Å². The van der Waals surface area contributed by atoms with Crippen molar-refractivity contribution in [1.82, 2.24) is 19.7 Å². The monoisotopic (exact) mass is 301 g/mol. The fourth-order valence-corrected chi connectivity index (χ4v) is 2.88. The number of carboxylic acid groups (broad SMARTS) is 1. The van der Waals surface area contributed by atoms with Crippen molar-refractivity contribution in [3.8, 4) is 0 Å². The number of aromatic nitrogens is 4. The Morgan fingerprint density at radius 3 is 2.64 bits per heavy atom. The molecular weight excluding hydrogens is 282 g/mol. The first kappa shape index (κ1) is 14.5. The minimum absolute atomic E-state index is 0.0746. The Labute approximate surface area is 128 Å². The van der Waals surface area contributed by atoms with Gasteiger partial charge in [0.25, 0.3) is 0 Å². The topological polar surface area (TPSA) is 92.9 Å². The predicted octanol–water partition coefficient (Wildman–Crippen LogP) is 2.93. The summed E-state index contributed by atoms with van der Waals surface area (Å²) in [5.41, 5.74) is 1.04. The van der Waals surface area contributed by atoms with Gasteiger partial charge in [0.15, 0.2) is 11.5 Å². The molecule has 0 aromatic carbocycles. The summed E-state index contributed by atoms with van der Waals surface area (Å²) in [5.74, 6) is 0.107. The molecule has 1 aliphatic rings. The molecule has 0 saturated heterocycles. The minimum atomic E-state index is -1.09. The number of carbonyl (C=O) groups is 1. The van der Waals surface area contributed by atoms with E-state index in [1.807, 2.05) is 13.0 Å². The summed E-state index contributed by atoms with van der Waals surface area (Å²) in [6.45, 7) is 2.05. The first-order valence-electron chi connectivity index (χ1n) is 7.52. The van der Waals surface area contributed by atoms with Crippen molar-refractivity contribution in [3.63, 3.8) is 0 Å². The third kappa shape index (κ3) is 3.08. The summed E-state index contributed by atoms with van der Waals surface area (Å²) in [7, 11) is 0. The molecular formula is C15H19N5O2. The Balaban J connectivity index is 1.74. The highest BCUT2D eigenvalue weighted by molar-refractivity contribution is 5.84. The molecule has 3 rings (SSSR count). The smallest absolute Gasteiger partial charge is 0.356 e. The Bertz CT molecular complexity index is 659. The molecule has 2 aromatic rings. The molecule has 2 N–H and O–H groups in total. The summed E-state index contributed by atoms with van der Waals surface area (Å²) in [6, 6.07) is 2.45. The van der Waals surface area contributed by atoms with E-state index in [1.54, 1.807) is 0 Å². The minimum Gasteiger partial charge on any atom is -0.476 e. The highest BCUT2D eigenvalue weighted by Gasteiger charge is 2.18. The van der Waals surface area contributed by atoms with Gasteiger partial charge < -0.3 is 10.4 Å². The van der Waals surface area contributed by atoms with Crippen molar-refractivity contribution >= 4 is 17.6 Å². The number of aromatic carboxylic acids is 1. The second-order valence-corrected chi connectivity index (χ2v) is 5.62. The van der Waals surface area contributed by atoms with Crippen LogP contribution < -0.4 is 5.32 Å². The van der Waals surface area contributed by atoms with Crippen LogP contribution in [0.2, 0.25) is 0 Å². The molecule has 0 aliphatic heterocycles. The lowest BCUT2D eigenvalue weighted by molar-refractivity contribution is 0.0690. The molecule has 0 atom stereocenters. The second-order valence-electron chi connectivity index (χ2n) is 5.62. The lowest BCUT2D eigenvalue weighted by Crippen LogP contribution is -2.15. The fraction of sp³-hybridized carbons (Fsp3) is 0.467. The van der Waals surface area contributed by atoms with Crippen LogP contribution in [0.4, 0.5) is 11.6 Å². The molecule has 0 spiro atoms. The molecule has 0 amide bonds. The summed E-state index contributed by atoms with van der Waals surface area (Å²) in [6.07, 6.45) is 8.81. The number of anilines is 2. The number of carboxylic acids is 1. The number of hydrogen-bond donors (Lipinski definition) is 2. The third-order valence-corrected chi connectivity index (χ3v) is 3.97. The molecule has 0 unspecified atom stereocenters. The summed E-state index contributed by atoms with van der Waals surface area (Å²) < 4.78 is 2.08. The van der Waals surface area contributed by atoms with Gasteiger partial charge in [-0.15, -0.1) is 0 Å². The van der Waals surface area contributed by atoms with Crippen molar-refractivity contribution in [2.45, 2.75) is 45.1 Å². The van der Waals surface area contributed by atoms with Crippen molar-refractivity contribution in [3.05, 3.63) is 29.8 Å². The fourth-order valence-electron chi connectivity index (χ4n) is 2.88. The standard InChI is InChI=1S/C15H19N5O2/c1-10-7-13(19-20(10)11-5-3-2-4-6-11)18-14-9-16-12(8-17-14)15(21)22/h7-9,11H,2-6H2,1H3,(H,21,22)(H,17,18,19). The van der Waals surface area contributed by atoms with E-state index < -0.39 is 5.97 Å². The predicted molar refractivity (Wildman–Crippen MR) is 81.4 cm³/mol. The molecule has 7 heteroatoms. The van der Waals surface area contributed by atoms with Gasteiger partial charge in [-0.3, -0.25) is 4.68 Å². The molecule has 22 heavy (non-hydrogen) atoms. The van der Waals surface area contributed by atoms with Crippen molar-refractivity contribution in [2.24, 2.45) is 0 Å². The van der Waals surface area contributed by atoms with E-state index >= 15 is 0 Å². The molecule has 0 bridgehead atoms. The quantitative estimate of drug-likeness (QED) is 0.902. The molecule has 2 heterocycles. The van der Waals surface area contributed by atoms with Crippen molar-refractivity contribution in [2.75, 3.05) is 5.32 Å². The number of aryl methyl sites for hydroxylation is 1. The number of rotatable bonds is 4. The first-order valence-corrected chi connectivity index (χ1v) is 7.52. The first-order chi connectivity index (χ1) is 10.6. The van der Waals surface area contributed by atoms with Gasteiger partial charge in [0.2, 0.25) is 0 Å². The Hall–Kier alpha value is -2.44. The van der Waals surface area contributed by atoms with Crippen LogP contribution in [0.15, 0.2) is 18.5 Å². The van der Waals surface area contributed by atoms with E-state index in [-0.39, 0.29) is 5.69 Å². The van der Waals surface area contributed by atoms with Crippen molar-refractivity contribution < 1.29 is 9.90 Å². The molecule has 1 saturated carbocycles. The lowest BCUT2D eigenvalue weighted by atomic mass is 9.95. The third-order valence-electron chi connectivity index (χ3n) is 3.97. The number of hydrogen-bond acceptors (Lipinski definition) is 5. The molecule has 0 radical (unpaired) electrons. The maximum absolute atomic E-state index is 10.8. The summed E-state index contributed by atoms with van der Waals surface area (Å²) in [4.78, 5) is 18.6. The van der Waals surface area contributed by atoms with Gasteiger partial charge in [-0.2, -0.15) is 5.10 Å². The largest absolute Gasteiger partial charge is 0.476 e. The van der Waals surface area contributed by atoms with Gasteiger partial charge in [-0.1, -0.05) is 19.3 Å². The highest BCUT2D eigenvalue weighted by Crippen LogP contribution is 2.29. The van der Waals surface area contributed by atoms with Crippen LogP contribution in [0.1, 0.15) is 54.3 Å². The van der Waals surface area contributed by atoms with E-state index in [0.717, 1.165) is 5.69 Å². The molecule has 1 fully saturated rings. The van der Waals surface area contributed by atoms with Crippen LogP contribution in [-0.4, -0.2) is 30.8 Å².